The van der Waals surface area contributed by atoms with Crippen LogP contribution in [0.2, 0.25) is 0 Å². The fraction of sp³-hybridized carbons (Fsp3) is 0.683. The summed E-state index contributed by atoms with van der Waals surface area (Å²) in [5.74, 6) is 1.19. The van der Waals surface area contributed by atoms with Crippen LogP contribution in [-0.2, 0) is 17.8 Å². The van der Waals surface area contributed by atoms with Crippen LogP contribution in [0.4, 0.5) is 4.39 Å². The summed E-state index contributed by atoms with van der Waals surface area (Å²) in [6.07, 6.45) is 16.3. The van der Waals surface area contributed by atoms with Crippen molar-refractivity contribution < 1.29 is 19.4 Å². The van der Waals surface area contributed by atoms with Crippen molar-refractivity contribution in [1.82, 2.24) is 4.90 Å². The number of amides is 1. The van der Waals surface area contributed by atoms with Gasteiger partial charge in [-0.15, -0.1) is 0 Å². The van der Waals surface area contributed by atoms with E-state index in [1.807, 2.05) is 30.3 Å². The molecule has 0 aromatic heterocycles. The molecule has 7 atom stereocenters. The number of phenols is 1. The van der Waals surface area contributed by atoms with E-state index in [1.54, 1.807) is 6.07 Å². The van der Waals surface area contributed by atoms with Gasteiger partial charge in [-0.3, -0.25) is 4.79 Å². The molecule has 254 valence electrons. The predicted octanol–water partition coefficient (Wildman–Crippen LogP) is 9.90. The highest BCUT2D eigenvalue weighted by Crippen LogP contribution is 2.63. The highest BCUT2D eigenvalue weighted by molar-refractivity contribution is 5.76. The Morgan fingerprint density at radius 2 is 1.65 bits per heavy atom. The van der Waals surface area contributed by atoms with E-state index in [1.165, 1.54) is 50.5 Å². The van der Waals surface area contributed by atoms with E-state index < -0.39 is 12.3 Å². The second-order valence-electron chi connectivity index (χ2n) is 15.3. The van der Waals surface area contributed by atoms with Crippen molar-refractivity contribution in [1.29, 1.82) is 0 Å². The van der Waals surface area contributed by atoms with Gasteiger partial charge in [0.05, 0.1) is 6.10 Å². The standard InChI is InChI=1S/C41H60FNO3/c1-3-4-5-6-7-8-9-10-14-20-38(46)43(29-30-17-12-11-13-18-30)25-16-15-19-31-26-32-27-33(44)21-22-34(32)40-36(42)28-41(2)35(39(31)40)23-24-37(41)45/h11-13,17-18,21-22,27,31,35-37,39-40,44-45H,3-10,14-16,19-20,23-26,28-29H2,1-2H3/t31?,35?,36?,37?,39?,40?,41-/m0/s1. The van der Waals surface area contributed by atoms with E-state index in [2.05, 4.69) is 30.9 Å². The molecule has 2 fully saturated rings. The average Bonchev–Trinajstić information content (AvgIpc) is 3.34. The number of hydrogen-bond acceptors (Lipinski definition) is 3. The molecule has 0 heterocycles. The van der Waals surface area contributed by atoms with Crippen molar-refractivity contribution in [3.8, 4) is 5.75 Å². The summed E-state index contributed by atoms with van der Waals surface area (Å²) in [6.45, 7) is 5.78. The highest BCUT2D eigenvalue weighted by atomic mass is 19.1. The third-order valence-corrected chi connectivity index (χ3v) is 12.1. The SMILES string of the molecule is CCCCCCCCCCCC(=O)N(CCCCC1Cc2cc(O)ccc2C2C(F)C[C@]3(C)C(O)CCC3C12)Cc1ccccc1. The van der Waals surface area contributed by atoms with Crippen LogP contribution in [0, 0.1) is 23.2 Å². The first-order chi connectivity index (χ1) is 22.3. The fourth-order valence-corrected chi connectivity index (χ4v) is 9.58. The summed E-state index contributed by atoms with van der Waals surface area (Å²) < 4.78 is 16.1. The van der Waals surface area contributed by atoms with Crippen LogP contribution in [0.3, 0.4) is 0 Å². The normalized spacial score (nSPS) is 28.3. The maximum atomic E-state index is 16.1. The van der Waals surface area contributed by atoms with Crippen molar-refractivity contribution in [2.45, 2.75) is 148 Å². The van der Waals surface area contributed by atoms with Gasteiger partial charge in [0.1, 0.15) is 11.9 Å². The zero-order valence-electron chi connectivity index (χ0n) is 28.6. The van der Waals surface area contributed by atoms with Gasteiger partial charge in [-0.2, -0.15) is 0 Å². The highest BCUT2D eigenvalue weighted by Gasteiger charge is 2.59. The van der Waals surface area contributed by atoms with Crippen LogP contribution >= 0.6 is 0 Å². The molecule has 2 N–H and O–H groups in total. The van der Waals surface area contributed by atoms with E-state index in [0.717, 1.165) is 69.0 Å². The molecular weight excluding hydrogens is 573 g/mol. The zero-order valence-corrected chi connectivity index (χ0v) is 28.6. The van der Waals surface area contributed by atoms with Crippen molar-refractivity contribution in [3.05, 3.63) is 65.2 Å². The minimum Gasteiger partial charge on any atom is -0.508 e. The molecule has 6 unspecified atom stereocenters. The van der Waals surface area contributed by atoms with E-state index in [-0.39, 0.29) is 28.9 Å². The number of carbonyl (C=O) groups is 1. The van der Waals surface area contributed by atoms with Crippen LogP contribution in [0.1, 0.15) is 139 Å². The molecular formula is C41H60FNO3. The summed E-state index contributed by atoms with van der Waals surface area (Å²) in [5.41, 5.74) is 2.98. The van der Waals surface area contributed by atoms with Crippen LogP contribution in [0.15, 0.2) is 48.5 Å². The number of phenolic OH excluding ortho intramolecular Hbond substituents is 1. The molecule has 2 aromatic rings. The number of benzene rings is 2. The molecule has 5 rings (SSSR count). The van der Waals surface area contributed by atoms with Crippen LogP contribution < -0.4 is 0 Å². The van der Waals surface area contributed by atoms with Crippen LogP contribution in [-0.4, -0.2) is 39.8 Å². The Morgan fingerprint density at radius 1 is 0.935 bits per heavy atom. The summed E-state index contributed by atoms with van der Waals surface area (Å²) in [7, 11) is 0. The number of hydrogen-bond donors (Lipinski definition) is 2. The number of halogens is 1. The number of alkyl halides is 1. The van der Waals surface area contributed by atoms with Gasteiger partial charge in [-0.25, -0.2) is 4.39 Å². The fourth-order valence-electron chi connectivity index (χ4n) is 9.58. The summed E-state index contributed by atoms with van der Waals surface area (Å²) in [5, 5.41) is 21.3. The quantitative estimate of drug-likeness (QED) is 0.171. The Kier molecular flexibility index (Phi) is 12.6. The van der Waals surface area contributed by atoms with Gasteiger partial charge in [0.25, 0.3) is 0 Å². The molecule has 0 bridgehead atoms. The minimum atomic E-state index is -0.981. The molecule has 5 heteroatoms. The summed E-state index contributed by atoms with van der Waals surface area (Å²) >= 11 is 0. The molecule has 1 amide bonds. The zero-order chi connectivity index (χ0) is 32.5. The van der Waals surface area contributed by atoms with E-state index in [4.69, 9.17) is 0 Å². The lowest BCUT2D eigenvalue weighted by Crippen LogP contribution is -2.51. The van der Waals surface area contributed by atoms with Crippen LogP contribution in [0.5, 0.6) is 5.75 Å². The van der Waals surface area contributed by atoms with Crippen molar-refractivity contribution >= 4 is 5.91 Å². The number of aliphatic hydroxyl groups excluding tert-OH is 1. The van der Waals surface area contributed by atoms with E-state index in [0.29, 0.717) is 31.2 Å². The molecule has 4 nitrogen and oxygen atoms in total. The maximum Gasteiger partial charge on any atom is 0.222 e. The number of nitrogens with zero attached hydrogens (tertiary/aromatic N) is 1. The molecule has 0 radical (unpaired) electrons. The molecule has 0 saturated heterocycles. The first-order valence-electron chi connectivity index (χ1n) is 18.8. The van der Waals surface area contributed by atoms with E-state index >= 15 is 4.39 Å². The predicted molar refractivity (Wildman–Crippen MR) is 185 cm³/mol. The van der Waals surface area contributed by atoms with Crippen molar-refractivity contribution in [3.63, 3.8) is 0 Å². The minimum absolute atomic E-state index is 0.162. The Labute approximate surface area is 278 Å². The van der Waals surface area contributed by atoms with Crippen molar-refractivity contribution in [2.75, 3.05) is 6.54 Å². The third-order valence-electron chi connectivity index (χ3n) is 12.1. The molecule has 0 spiro atoms. The number of aromatic hydroxyl groups is 1. The van der Waals surface area contributed by atoms with Gasteiger partial charge < -0.3 is 15.1 Å². The molecule has 2 saturated carbocycles. The maximum absolute atomic E-state index is 16.1. The Balaban J connectivity index is 1.18. The van der Waals surface area contributed by atoms with E-state index in [9.17, 15) is 15.0 Å². The second-order valence-corrected chi connectivity index (χ2v) is 15.3. The second kappa shape index (κ2) is 16.6. The van der Waals surface area contributed by atoms with Gasteiger partial charge in [0.15, 0.2) is 0 Å². The smallest absolute Gasteiger partial charge is 0.222 e. The van der Waals surface area contributed by atoms with Gasteiger partial charge in [0.2, 0.25) is 5.91 Å². The number of aliphatic hydroxyl groups is 1. The monoisotopic (exact) mass is 633 g/mol. The van der Waals surface area contributed by atoms with Crippen LogP contribution in [0.25, 0.3) is 0 Å². The number of carbonyl (C=O) groups excluding carboxylic acids is 1. The van der Waals surface area contributed by atoms with Gasteiger partial charge in [0, 0.05) is 25.4 Å². The molecule has 3 aliphatic carbocycles. The molecule has 46 heavy (non-hydrogen) atoms. The van der Waals surface area contributed by atoms with Gasteiger partial charge >= 0.3 is 0 Å². The number of rotatable bonds is 17. The molecule has 3 aliphatic rings. The molecule has 0 aliphatic heterocycles. The Bertz CT molecular complexity index is 1240. The largest absolute Gasteiger partial charge is 0.508 e. The van der Waals surface area contributed by atoms with Gasteiger partial charge in [-0.1, -0.05) is 108 Å². The lowest BCUT2D eigenvalue weighted by atomic mass is 9.51. The van der Waals surface area contributed by atoms with Gasteiger partial charge in [-0.05, 0) is 96.9 Å². The number of unbranched alkanes of at least 4 members (excludes halogenated alkanes) is 9. The van der Waals surface area contributed by atoms with Crippen molar-refractivity contribution in [2.24, 2.45) is 23.2 Å². The lowest BCUT2D eigenvalue weighted by molar-refractivity contribution is -0.132. The Morgan fingerprint density at radius 3 is 2.39 bits per heavy atom. The summed E-state index contributed by atoms with van der Waals surface area (Å²) in [6, 6.07) is 15.9. The first kappa shape index (κ1) is 34.9. The summed E-state index contributed by atoms with van der Waals surface area (Å²) in [4.78, 5) is 15.5. The first-order valence-corrected chi connectivity index (χ1v) is 18.8. The number of fused-ring (bicyclic) bond motifs is 5. The molecule has 2 aromatic carbocycles. The topological polar surface area (TPSA) is 60.8 Å². The lowest BCUT2D eigenvalue weighted by Gasteiger charge is -2.54. The average molecular weight is 634 g/mol. The Hall–Kier alpha value is -2.40. The third kappa shape index (κ3) is 8.35.